The lowest BCUT2D eigenvalue weighted by atomic mass is 10.2. The Labute approximate surface area is 116 Å². The van der Waals surface area contributed by atoms with Crippen LogP contribution in [0.3, 0.4) is 0 Å². The smallest absolute Gasteiger partial charge is 0.323 e. The van der Waals surface area contributed by atoms with Gasteiger partial charge in [0, 0.05) is 11.5 Å². The maximum atomic E-state index is 11.3. The van der Waals surface area contributed by atoms with Gasteiger partial charge in [0.2, 0.25) is 6.79 Å². The summed E-state index contributed by atoms with van der Waals surface area (Å²) in [4.78, 5) is 11.3. The number of thioether (sulfide) groups is 1. The first-order chi connectivity index (χ1) is 9.20. The number of benzene rings is 1. The lowest BCUT2D eigenvalue weighted by Gasteiger charge is -2.10. The van der Waals surface area contributed by atoms with Crippen molar-refractivity contribution >= 4 is 17.7 Å². The van der Waals surface area contributed by atoms with E-state index in [9.17, 15) is 4.79 Å². The van der Waals surface area contributed by atoms with E-state index < -0.39 is 6.04 Å². The average molecular weight is 283 g/mol. The Morgan fingerprint density at radius 3 is 3.05 bits per heavy atom. The van der Waals surface area contributed by atoms with Crippen LogP contribution in [0.4, 0.5) is 0 Å². The van der Waals surface area contributed by atoms with Crippen molar-refractivity contribution in [2.75, 3.05) is 19.2 Å². The van der Waals surface area contributed by atoms with Gasteiger partial charge in [-0.05, 0) is 24.6 Å². The highest BCUT2D eigenvalue weighted by Crippen LogP contribution is 2.33. The van der Waals surface area contributed by atoms with E-state index in [4.69, 9.17) is 19.9 Å². The van der Waals surface area contributed by atoms with Gasteiger partial charge < -0.3 is 19.9 Å². The summed E-state index contributed by atoms with van der Waals surface area (Å²) in [7, 11) is 0. The lowest BCUT2D eigenvalue weighted by Crippen LogP contribution is -2.34. The molecule has 0 saturated heterocycles. The molecule has 6 heteroatoms. The number of hydrogen-bond acceptors (Lipinski definition) is 6. The van der Waals surface area contributed by atoms with Crippen LogP contribution in [0.15, 0.2) is 18.2 Å². The van der Waals surface area contributed by atoms with E-state index in [1.807, 2.05) is 18.2 Å². The molecule has 1 aromatic carbocycles. The Balaban J connectivity index is 1.78. The number of rotatable bonds is 6. The molecule has 5 nitrogen and oxygen atoms in total. The zero-order valence-electron chi connectivity index (χ0n) is 10.8. The molecule has 19 heavy (non-hydrogen) atoms. The van der Waals surface area contributed by atoms with Crippen LogP contribution in [-0.2, 0) is 15.3 Å². The molecule has 0 aliphatic carbocycles. The standard InChI is InChI=1S/C13H17NO4S/c1-2-16-13(15)10(14)7-19-6-9-3-4-11-12(5-9)18-8-17-11/h3-5,10H,2,6-8,14H2,1H3. The topological polar surface area (TPSA) is 70.8 Å². The third kappa shape index (κ3) is 3.78. The van der Waals surface area contributed by atoms with Crippen LogP contribution in [0.1, 0.15) is 12.5 Å². The molecule has 0 radical (unpaired) electrons. The number of ether oxygens (including phenoxy) is 3. The first-order valence-electron chi connectivity index (χ1n) is 6.09. The fourth-order valence-corrected chi connectivity index (χ4v) is 2.57. The largest absolute Gasteiger partial charge is 0.465 e. The molecule has 1 aromatic rings. The summed E-state index contributed by atoms with van der Waals surface area (Å²) in [6.45, 7) is 2.41. The second kappa shape index (κ2) is 6.68. The van der Waals surface area contributed by atoms with Gasteiger partial charge in [0.15, 0.2) is 11.5 Å². The molecule has 2 rings (SSSR count). The van der Waals surface area contributed by atoms with Crippen LogP contribution in [0.25, 0.3) is 0 Å². The first kappa shape index (κ1) is 14.0. The Morgan fingerprint density at radius 1 is 1.47 bits per heavy atom. The second-order valence-electron chi connectivity index (χ2n) is 4.06. The fourth-order valence-electron chi connectivity index (χ4n) is 1.65. The highest BCUT2D eigenvalue weighted by Gasteiger charge is 2.15. The summed E-state index contributed by atoms with van der Waals surface area (Å²) in [5, 5.41) is 0. The summed E-state index contributed by atoms with van der Waals surface area (Å²) in [6.07, 6.45) is 0. The zero-order valence-corrected chi connectivity index (χ0v) is 11.6. The van der Waals surface area contributed by atoms with Gasteiger partial charge in [0.05, 0.1) is 6.61 Å². The Bertz CT molecular complexity index is 452. The summed E-state index contributed by atoms with van der Waals surface area (Å²) in [5.74, 6) is 2.50. The van der Waals surface area contributed by atoms with Gasteiger partial charge in [0.25, 0.3) is 0 Å². The number of esters is 1. The maximum absolute atomic E-state index is 11.3. The van der Waals surface area contributed by atoms with E-state index in [1.165, 1.54) is 0 Å². The van der Waals surface area contributed by atoms with Crippen molar-refractivity contribution in [2.45, 2.75) is 18.7 Å². The van der Waals surface area contributed by atoms with Crippen LogP contribution in [0, 0.1) is 0 Å². The number of hydrogen-bond donors (Lipinski definition) is 1. The Kier molecular flexibility index (Phi) is 4.93. The third-order valence-electron chi connectivity index (χ3n) is 2.59. The Hall–Kier alpha value is -1.40. The lowest BCUT2D eigenvalue weighted by molar-refractivity contribution is -0.144. The van der Waals surface area contributed by atoms with Crippen molar-refractivity contribution in [3.05, 3.63) is 23.8 Å². The summed E-state index contributed by atoms with van der Waals surface area (Å²) >= 11 is 1.59. The van der Waals surface area contributed by atoms with Gasteiger partial charge >= 0.3 is 5.97 Å². The van der Waals surface area contributed by atoms with Crippen molar-refractivity contribution < 1.29 is 19.0 Å². The predicted molar refractivity (Wildman–Crippen MR) is 73.3 cm³/mol. The van der Waals surface area contributed by atoms with Gasteiger partial charge in [-0.1, -0.05) is 6.07 Å². The molecule has 0 spiro atoms. The zero-order chi connectivity index (χ0) is 13.7. The number of carbonyl (C=O) groups is 1. The quantitative estimate of drug-likeness (QED) is 0.799. The van der Waals surface area contributed by atoms with Crippen LogP contribution < -0.4 is 15.2 Å². The third-order valence-corrected chi connectivity index (χ3v) is 3.72. The van der Waals surface area contributed by atoms with Crippen LogP contribution in [0.5, 0.6) is 11.5 Å². The minimum absolute atomic E-state index is 0.277. The number of carbonyl (C=O) groups excluding carboxylic acids is 1. The molecule has 0 saturated carbocycles. The first-order valence-corrected chi connectivity index (χ1v) is 7.24. The van der Waals surface area contributed by atoms with E-state index in [2.05, 4.69) is 0 Å². The summed E-state index contributed by atoms with van der Waals surface area (Å²) in [5.41, 5.74) is 6.83. The molecule has 104 valence electrons. The van der Waals surface area contributed by atoms with E-state index in [0.717, 1.165) is 22.8 Å². The van der Waals surface area contributed by atoms with Crippen molar-refractivity contribution in [1.82, 2.24) is 0 Å². The number of fused-ring (bicyclic) bond motifs is 1. The Morgan fingerprint density at radius 2 is 2.26 bits per heavy atom. The van der Waals surface area contributed by atoms with Crippen LogP contribution in [0.2, 0.25) is 0 Å². The van der Waals surface area contributed by atoms with Gasteiger partial charge in [-0.25, -0.2) is 0 Å². The highest BCUT2D eigenvalue weighted by atomic mass is 32.2. The molecule has 0 amide bonds. The second-order valence-corrected chi connectivity index (χ2v) is 5.09. The minimum Gasteiger partial charge on any atom is -0.465 e. The van der Waals surface area contributed by atoms with Crippen molar-refractivity contribution in [2.24, 2.45) is 5.73 Å². The predicted octanol–water partition coefficient (Wildman–Crippen LogP) is 1.54. The molecule has 0 fully saturated rings. The maximum Gasteiger partial charge on any atom is 0.323 e. The van der Waals surface area contributed by atoms with Crippen LogP contribution >= 0.6 is 11.8 Å². The summed E-state index contributed by atoms with van der Waals surface area (Å²) < 4.78 is 15.4. The van der Waals surface area contributed by atoms with Gasteiger partial charge in [-0.2, -0.15) is 11.8 Å². The van der Waals surface area contributed by atoms with Gasteiger partial charge in [-0.15, -0.1) is 0 Å². The SMILES string of the molecule is CCOC(=O)C(N)CSCc1ccc2c(c1)OCO2. The van der Waals surface area contributed by atoms with E-state index in [-0.39, 0.29) is 12.8 Å². The number of nitrogens with two attached hydrogens (primary N) is 1. The molecule has 0 aromatic heterocycles. The molecular formula is C13H17NO4S. The van der Waals surface area contributed by atoms with E-state index >= 15 is 0 Å². The molecule has 1 heterocycles. The van der Waals surface area contributed by atoms with E-state index in [1.54, 1.807) is 18.7 Å². The van der Waals surface area contributed by atoms with Crippen molar-refractivity contribution in [3.63, 3.8) is 0 Å². The van der Waals surface area contributed by atoms with Gasteiger partial charge in [-0.3, -0.25) is 4.79 Å². The molecule has 0 bridgehead atoms. The van der Waals surface area contributed by atoms with Crippen molar-refractivity contribution in [1.29, 1.82) is 0 Å². The molecule has 1 aliphatic rings. The normalized spacial score (nSPS) is 14.2. The molecule has 1 atom stereocenters. The van der Waals surface area contributed by atoms with Crippen molar-refractivity contribution in [3.8, 4) is 11.5 Å². The molecule has 2 N–H and O–H groups in total. The molecular weight excluding hydrogens is 266 g/mol. The molecule has 1 unspecified atom stereocenters. The summed E-state index contributed by atoms with van der Waals surface area (Å²) in [6, 6.07) is 5.25. The fraction of sp³-hybridized carbons (Fsp3) is 0.462. The van der Waals surface area contributed by atoms with E-state index in [0.29, 0.717) is 12.4 Å². The van der Waals surface area contributed by atoms with Gasteiger partial charge in [0.1, 0.15) is 6.04 Å². The highest BCUT2D eigenvalue weighted by molar-refractivity contribution is 7.98. The minimum atomic E-state index is -0.570. The average Bonchev–Trinajstić information content (AvgIpc) is 2.86. The molecule has 1 aliphatic heterocycles. The van der Waals surface area contributed by atoms with Crippen LogP contribution in [-0.4, -0.2) is 31.2 Å². The monoisotopic (exact) mass is 283 g/mol.